The molecule has 0 unspecified atom stereocenters. The summed E-state index contributed by atoms with van der Waals surface area (Å²) in [6.07, 6.45) is 0.754. The first-order valence-corrected chi connectivity index (χ1v) is 5.25. The summed E-state index contributed by atoms with van der Waals surface area (Å²) in [4.78, 5) is 0. The Morgan fingerprint density at radius 2 is 2.29 bits per heavy atom. The van der Waals surface area contributed by atoms with Crippen LogP contribution in [0, 0.1) is 0 Å². The Labute approximate surface area is 92.2 Å². The molecule has 4 heteroatoms. The van der Waals surface area contributed by atoms with Crippen molar-refractivity contribution in [1.82, 2.24) is 0 Å². The Morgan fingerprint density at radius 3 is 2.86 bits per heavy atom. The summed E-state index contributed by atoms with van der Waals surface area (Å²) < 4.78 is 6.04. The minimum Gasteiger partial charge on any atom is -0.496 e. The van der Waals surface area contributed by atoms with E-state index in [2.05, 4.69) is 21.2 Å². The number of methoxy groups -OCH3 is 1. The van der Waals surface area contributed by atoms with Crippen LogP contribution in [-0.4, -0.2) is 25.4 Å². The highest BCUT2D eigenvalue weighted by Gasteiger charge is 2.00. The number of hydrogen-bond acceptors (Lipinski definition) is 3. The molecular formula is C10H14BrNO2. The first kappa shape index (κ1) is 11.3. The molecule has 0 atom stereocenters. The fourth-order valence-corrected chi connectivity index (χ4v) is 1.63. The van der Waals surface area contributed by atoms with Crippen LogP contribution >= 0.6 is 15.9 Å². The SMILES string of the molecule is COc1ccc(NCCCO)cc1Br. The number of aliphatic hydroxyl groups is 1. The van der Waals surface area contributed by atoms with Crippen LogP contribution in [0.1, 0.15) is 6.42 Å². The summed E-state index contributed by atoms with van der Waals surface area (Å²) in [7, 11) is 1.64. The summed E-state index contributed by atoms with van der Waals surface area (Å²) in [5, 5.41) is 11.8. The zero-order valence-electron chi connectivity index (χ0n) is 8.09. The molecule has 78 valence electrons. The smallest absolute Gasteiger partial charge is 0.133 e. The van der Waals surface area contributed by atoms with Crippen molar-refractivity contribution < 1.29 is 9.84 Å². The van der Waals surface area contributed by atoms with Crippen LogP contribution in [0.5, 0.6) is 5.75 Å². The molecule has 0 spiro atoms. The van der Waals surface area contributed by atoms with Crippen LogP contribution in [-0.2, 0) is 0 Å². The Balaban J connectivity index is 2.57. The van der Waals surface area contributed by atoms with Crippen molar-refractivity contribution in [3.8, 4) is 5.75 Å². The number of rotatable bonds is 5. The van der Waals surface area contributed by atoms with E-state index in [1.807, 2.05) is 18.2 Å². The van der Waals surface area contributed by atoms with Gasteiger partial charge in [0, 0.05) is 18.8 Å². The highest BCUT2D eigenvalue weighted by Crippen LogP contribution is 2.27. The van der Waals surface area contributed by atoms with Crippen LogP contribution in [0.3, 0.4) is 0 Å². The number of aliphatic hydroxyl groups excluding tert-OH is 1. The zero-order valence-corrected chi connectivity index (χ0v) is 9.67. The second-order valence-electron chi connectivity index (χ2n) is 2.85. The third kappa shape index (κ3) is 3.20. The maximum atomic E-state index is 8.61. The van der Waals surface area contributed by atoms with Gasteiger partial charge in [0.1, 0.15) is 5.75 Å². The Morgan fingerprint density at radius 1 is 1.50 bits per heavy atom. The number of anilines is 1. The molecule has 0 radical (unpaired) electrons. The Hall–Kier alpha value is -0.740. The standard InChI is InChI=1S/C10H14BrNO2/c1-14-10-4-3-8(7-9(10)11)12-5-2-6-13/h3-4,7,12-13H,2,5-6H2,1H3. The lowest BCUT2D eigenvalue weighted by Gasteiger charge is -2.08. The second kappa shape index (κ2) is 5.88. The largest absolute Gasteiger partial charge is 0.496 e. The molecule has 1 rings (SSSR count). The molecule has 0 heterocycles. The zero-order chi connectivity index (χ0) is 10.4. The number of nitrogens with one attached hydrogen (secondary N) is 1. The van der Waals surface area contributed by atoms with Gasteiger partial charge in [0.15, 0.2) is 0 Å². The number of halogens is 1. The van der Waals surface area contributed by atoms with Gasteiger partial charge in [-0.25, -0.2) is 0 Å². The van der Waals surface area contributed by atoms with E-state index in [9.17, 15) is 0 Å². The summed E-state index contributed by atoms with van der Waals surface area (Å²) in [5.41, 5.74) is 1.02. The van der Waals surface area contributed by atoms with Crippen molar-refractivity contribution in [2.45, 2.75) is 6.42 Å². The lowest BCUT2D eigenvalue weighted by atomic mass is 10.3. The third-order valence-corrected chi connectivity index (χ3v) is 2.44. The van der Waals surface area contributed by atoms with E-state index >= 15 is 0 Å². The van der Waals surface area contributed by atoms with Crippen LogP contribution in [0.4, 0.5) is 5.69 Å². The highest BCUT2D eigenvalue weighted by molar-refractivity contribution is 9.10. The van der Waals surface area contributed by atoms with Gasteiger partial charge in [-0.3, -0.25) is 0 Å². The Bertz CT molecular complexity index is 291. The summed E-state index contributed by atoms with van der Waals surface area (Å²) in [5.74, 6) is 0.817. The maximum Gasteiger partial charge on any atom is 0.133 e. The fraction of sp³-hybridized carbons (Fsp3) is 0.400. The normalized spacial score (nSPS) is 9.93. The molecule has 0 saturated heterocycles. The van der Waals surface area contributed by atoms with Gasteiger partial charge < -0.3 is 15.2 Å². The molecule has 0 aliphatic heterocycles. The van der Waals surface area contributed by atoms with Crippen LogP contribution < -0.4 is 10.1 Å². The van der Waals surface area contributed by atoms with Crippen molar-refractivity contribution in [2.24, 2.45) is 0 Å². The molecule has 3 nitrogen and oxygen atoms in total. The number of benzene rings is 1. The van der Waals surface area contributed by atoms with Crippen LogP contribution in [0.15, 0.2) is 22.7 Å². The predicted octanol–water partition coefficient (Wildman–Crippen LogP) is 2.25. The van der Waals surface area contributed by atoms with Gasteiger partial charge in [0.05, 0.1) is 11.6 Å². The molecule has 0 bridgehead atoms. The minimum atomic E-state index is 0.213. The molecule has 0 aliphatic carbocycles. The molecule has 2 N–H and O–H groups in total. The summed E-state index contributed by atoms with van der Waals surface area (Å²) in [6.45, 7) is 0.986. The highest BCUT2D eigenvalue weighted by atomic mass is 79.9. The van der Waals surface area contributed by atoms with E-state index in [-0.39, 0.29) is 6.61 Å². The lowest BCUT2D eigenvalue weighted by molar-refractivity contribution is 0.292. The van der Waals surface area contributed by atoms with Crippen LogP contribution in [0.25, 0.3) is 0 Å². The van der Waals surface area contributed by atoms with Crippen molar-refractivity contribution >= 4 is 21.6 Å². The molecule has 0 saturated carbocycles. The van der Waals surface area contributed by atoms with E-state index in [4.69, 9.17) is 9.84 Å². The topological polar surface area (TPSA) is 41.5 Å². The van der Waals surface area contributed by atoms with Gasteiger partial charge in [-0.1, -0.05) is 0 Å². The average Bonchev–Trinajstić information content (AvgIpc) is 2.18. The molecule has 0 fully saturated rings. The van der Waals surface area contributed by atoms with Gasteiger partial charge in [0.25, 0.3) is 0 Å². The first-order valence-electron chi connectivity index (χ1n) is 4.46. The van der Waals surface area contributed by atoms with Crippen molar-refractivity contribution in [1.29, 1.82) is 0 Å². The van der Waals surface area contributed by atoms with E-state index in [0.717, 1.165) is 28.9 Å². The van der Waals surface area contributed by atoms with Gasteiger partial charge in [0.2, 0.25) is 0 Å². The lowest BCUT2D eigenvalue weighted by Crippen LogP contribution is -2.03. The van der Waals surface area contributed by atoms with Gasteiger partial charge >= 0.3 is 0 Å². The number of ether oxygens (including phenoxy) is 1. The third-order valence-electron chi connectivity index (χ3n) is 1.82. The molecule has 14 heavy (non-hydrogen) atoms. The first-order chi connectivity index (χ1) is 6.77. The maximum absolute atomic E-state index is 8.61. The quantitative estimate of drug-likeness (QED) is 0.798. The fourth-order valence-electron chi connectivity index (χ4n) is 1.09. The Kier molecular flexibility index (Phi) is 4.76. The minimum absolute atomic E-state index is 0.213. The average molecular weight is 260 g/mol. The summed E-state index contributed by atoms with van der Waals surface area (Å²) in [6, 6.07) is 5.79. The van der Waals surface area contributed by atoms with E-state index in [0.29, 0.717) is 0 Å². The molecule has 0 aromatic heterocycles. The summed E-state index contributed by atoms with van der Waals surface area (Å²) >= 11 is 3.40. The molecule has 0 aliphatic rings. The van der Waals surface area contributed by atoms with Crippen LogP contribution in [0.2, 0.25) is 0 Å². The molecule has 1 aromatic rings. The molecule has 0 amide bonds. The van der Waals surface area contributed by atoms with Crippen molar-refractivity contribution in [3.63, 3.8) is 0 Å². The predicted molar refractivity (Wildman–Crippen MR) is 60.9 cm³/mol. The molecule has 1 aromatic carbocycles. The van der Waals surface area contributed by atoms with Crippen molar-refractivity contribution in [2.75, 3.05) is 25.6 Å². The van der Waals surface area contributed by atoms with E-state index in [1.54, 1.807) is 7.11 Å². The second-order valence-corrected chi connectivity index (χ2v) is 3.71. The van der Waals surface area contributed by atoms with Gasteiger partial charge in [-0.05, 0) is 40.5 Å². The van der Waals surface area contributed by atoms with E-state index < -0.39 is 0 Å². The molecular weight excluding hydrogens is 246 g/mol. The van der Waals surface area contributed by atoms with E-state index in [1.165, 1.54) is 0 Å². The number of hydrogen-bond donors (Lipinski definition) is 2. The van der Waals surface area contributed by atoms with Gasteiger partial charge in [-0.15, -0.1) is 0 Å². The monoisotopic (exact) mass is 259 g/mol. The van der Waals surface area contributed by atoms with Gasteiger partial charge in [-0.2, -0.15) is 0 Å². The van der Waals surface area contributed by atoms with Crippen molar-refractivity contribution in [3.05, 3.63) is 22.7 Å².